The van der Waals surface area contributed by atoms with Crippen molar-refractivity contribution < 1.29 is 28.6 Å². The van der Waals surface area contributed by atoms with E-state index in [1.165, 1.54) is 205 Å². The fraction of sp³-hybridized carbons (Fsp3) is 0.879. The van der Waals surface area contributed by atoms with E-state index in [2.05, 4.69) is 45.1 Å². The Kier molecular flexibility index (Phi) is 51.7. The Morgan fingerprint density at radius 2 is 0.516 bits per heavy atom. The molecule has 376 valence electrons. The Bertz CT molecular complexity index is 1040. The van der Waals surface area contributed by atoms with Gasteiger partial charge in [-0.15, -0.1) is 0 Å². The smallest absolute Gasteiger partial charge is 0.306 e. The van der Waals surface area contributed by atoms with Gasteiger partial charge in [-0.05, 0) is 70.6 Å². The Morgan fingerprint density at radius 3 is 0.812 bits per heavy atom. The van der Waals surface area contributed by atoms with Gasteiger partial charge >= 0.3 is 17.9 Å². The van der Waals surface area contributed by atoms with Crippen molar-refractivity contribution in [1.29, 1.82) is 0 Å². The molecule has 6 heteroatoms. The lowest BCUT2D eigenvalue weighted by Crippen LogP contribution is -2.30. The molecule has 0 radical (unpaired) electrons. The Morgan fingerprint density at radius 1 is 0.297 bits per heavy atom. The molecule has 0 rings (SSSR count). The van der Waals surface area contributed by atoms with Crippen molar-refractivity contribution in [2.45, 2.75) is 316 Å². The largest absolute Gasteiger partial charge is 0.462 e. The standard InChI is InChI=1S/C58H108O6/c1-4-7-10-13-16-19-22-25-27-29-31-33-36-39-42-45-48-51-57(60)63-54-55(53-62-56(59)50-47-44-41-38-35-24-21-18-15-12-9-6-3)64-58(61)52-49-46-43-40-37-34-32-30-28-26-23-20-17-14-11-8-5-2/h18,21,25,27,55H,4-17,19-20,22-24,26,28-54H2,1-3H3/b21-18-,27-25-. The first-order valence-corrected chi connectivity index (χ1v) is 28.3. The molecule has 0 saturated heterocycles. The normalized spacial score (nSPS) is 12.1. The van der Waals surface area contributed by atoms with Crippen molar-refractivity contribution in [3.63, 3.8) is 0 Å². The number of allylic oxidation sites excluding steroid dienone is 4. The van der Waals surface area contributed by atoms with Gasteiger partial charge in [0.1, 0.15) is 13.2 Å². The van der Waals surface area contributed by atoms with Gasteiger partial charge in [0, 0.05) is 19.3 Å². The maximum absolute atomic E-state index is 12.8. The Hall–Kier alpha value is -2.11. The molecule has 0 aromatic rings. The van der Waals surface area contributed by atoms with Crippen LogP contribution in [0.4, 0.5) is 0 Å². The zero-order valence-electron chi connectivity index (χ0n) is 43.1. The minimum absolute atomic E-state index is 0.0721. The number of carbonyl (C=O) groups excluding carboxylic acids is 3. The van der Waals surface area contributed by atoms with E-state index in [1.54, 1.807) is 0 Å². The highest BCUT2D eigenvalue weighted by Gasteiger charge is 2.19. The predicted molar refractivity (Wildman–Crippen MR) is 275 cm³/mol. The molecule has 0 aliphatic heterocycles. The van der Waals surface area contributed by atoms with Crippen molar-refractivity contribution in [3.05, 3.63) is 24.3 Å². The van der Waals surface area contributed by atoms with Gasteiger partial charge in [-0.25, -0.2) is 0 Å². The van der Waals surface area contributed by atoms with Crippen molar-refractivity contribution >= 4 is 17.9 Å². The minimum Gasteiger partial charge on any atom is -0.462 e. The van der Waals surface area contributed by atoms with Gasteiger partial charge in [0.2, 0.25) is 0 Å². The second-order valence-electron chi connectivity index (χ2n) is 19.2. The third kappa shape index (κ3) is 50.9. The van der Waals surface area contributed by atoms with Crippen LogP contribution in [-0.4, -0.2) is 37.2 Å². The van der Waals surface area contributed by atoms with Gasteiger partial charge in [-0.2, -0.15) is 0 Å². The van der Waals surface area contributed by atoms with Crippen LogP contribution in [-0.2, 0) is 28.6 Å². The van der Waals surface area contributed by atoms with E-state index in [-0.39, 0.29) is 31.1 Å². The fourth-order valence-electron chi connectivity index (χ4n) is 8.37. The molecule has 0 aliphatic carbocycles. The molecule has 0 aromatic heterocycles. The van der Waals surface area contributed by atoms with Crippen molar-refractivity contribution in [1.82, 2.24) is 0 Å². The molecule has 0 N–H and O–H groups in total. The SMILES string of the molecule is CCCCC/C=C\CCCCCCCC(=O)OCC(COC(=O)CCCCCCCCC/C=C\CCCCCCCC)OC(=O)CCCCCCCCCCCCCCCCCCC. The van der Waals surface area contributed by atoms with Crippen LogP contribution in [0.15, 0.2) is 24.3 Å². The highest BCUT2D eigenvalue weighted by atomic mass is 16.6. The van der Waals surface area contributed by atoms with Crippen LogP contribution in [0.1, 0.15) is 310 Å². The molecule has 0 fully saturated rings. The fourth-order valence-corrected chi connectivity index (χ4v) is 8.37. The van der Waals surface area contributed by atoms with E-state index in [9.17, 15) is 14.4 Å². The summed E-state index contributed by atoms with van der Waals surface area (Å²) in [4.78, 5) is 38.1. The number of esters is 3. The summed E-state index contributed by atoms with van der Waals surface area (Å²) in [6.07, 6.45) is 61.6. The van der Waals surface area contributed by atoms with Gasteiger partial charge < -0.3 is 14.2 Å². The van der Waals surface area contributed by atoms with E-state index >= 15 is 0 Å². The first-order valence-electron chi connectivity index (χ1n) is 28.3. The molecule has 0 aromatic carbocycles. The van der Waals surface area contributed by atoms with Crippen LogP contribution in [0.5, 0.6) is 0 Å². The summed E-state index contributed by atoms with van der Waals surface area (Å²) in [7, 11) is 0. The second kappa shape index (κ2) is 53.5. The van der Waals surface area contributed by atoms with Crippen LogP contribution < -0.4 is 0 Å². The van der Waals surface area contributed by atoms with Crippen LogP contribution in [0.2, 0.25) is 0 Å². The summed E-state index contributed by atoms with van der Waals surface area (Å²) in [6.45, 7) is 6.64. The number of hydrogen-bond acceptors (Lipinski definition) is 6. The summed E-state index contributed by atoms with van der Waals surface area (Å²) in [6, 6.07) is 0. The lowest BCUT2D eigenvalue weighted by Gasteiger charge is -2.18. The van der Waals surface area contributed by atoms with E-state index in [0.29, 0.717) is 19.3 Å². The topological polar surface area (TPSA) is 78.9 Å². The zero-order valence-corrected chi connectivity index (χ0v) is 43.1. The number of hydrogen-bond donors (Lipinski definition) is 0. The highest BCUT2D eigenvalue weighted by molar-refractivity contribution is 5.71. The third-order valence-electron chi connectivity index (χ3n) is 12.7. The van der Waals surface area contributed by atoms with Gasteiger partial charge in [0.05, 0.1) is 0 Å². The monoisotopic (exact) mass is 901 g/mol. The molecule has 1 unspecified atom stereocenters. The number of unbranched alkanes of at least 4 members (excludes halogenated alkanes) is 37. The van der Waals surface area contributed by atoms with E-state index in [0.717, 1.165) is 64.2 Å². The molecule has 0 amide bonds. The number of carbonyl (C=O) groups is 3. The molecule has 0 bridgehead atoms. The molecule has 0 aliphatic rings. The van der Waals surface area contributed by atoms with Crippen LogP contribution in [0.3, 0.4) is 0 Å². The molecular formula is C58H108O6. The molecule has 6 nitrogen and oxygen atoms in total. The van der Waals surface area contributed by atoms with E-state index in [4.69, 9.17) is 14.2 Å². The van der Waals surface area contributed by atoms with E-state index in [1.807, 2.05) is 0 Å². The minimum atomic E-state index is -0.772. The van der Waals surface area contributed by atoms with E-state index < -0.39 is 6.10 Å². The maximum Gasteiger partial charge on any atom is 0.306 e. The molecule has 64 heavy (non-hydrogen) atoms. The summed E-state index contributed by atoms with van der Waals surface area (Å²) < 4.78 is 16.8. The zero-order chi connectivity index (χ0) is 46.5. The molecular weight excluding hydrogens is 793 g/mol. The molecule has 0 saturated carbocycles. The van der Waals surface area contributed by atoms with Crippen LogP contribution in [0, 0.1) is 0 Å². The summed E-state index contributed by atoms with van der Waals surface area (Å²) in [5.74, 6) is -0.867. The molecule has 0 heterocycles. The maximum atomic E-state index is 12.8. The van der Waals surface area contributed by atoms with Crippen molar-refractivity contribution in [3.8, 4) is 0 Å². The summed E-state index contributed by atoms with van der Waals surface area (Å²) in [5, 5.41) is 0. The van der Waals surface area contributed by atoms with Gasteiger partial charge in [0.25, 0.3) is 0 Å². The molecule has 0 spiro atoms. The first kappa shape index (κ1) is 61.9. The van der Waals surface area contributed by atoms with Crippen LogP contribution >= 0.6 is 0 Å². The summed E-state index contributed by atoms with van der Waals surface area (Å²) in [5.41, 5.74) is 0. The average Bonchev–Trinajstić information content (AvgIpc) is 3.29. The number of ether oxygens (including phenoxy) is 3. The average molecular weight is 901 g/mol. The molecule has 1 atom stereocenters. The number of rotatable bonds is 52. The van der Waals surface area contributed by atoms with Crippen molar-refractivity contribution in [2.24, 2.45) is 0 Å². The van der Waals surface area contributed by atoms with Gasteiger partial charge in [-0.1, -0.05) is 244 Å². The van der Waals surface area contributed by atoms with Gasteiger partial charge in [-0.3, -0.25) is 14.4 Å². The van der Waals surface area contributed by atoms with Crippen LogP contribution in [0.25, 0.3) is 0 Å². The predicted octanol–water partition coefficient (Wildman–Crippen LogP) is 18.7. The Balaban J connectivity index is 4.32. The highest BCUT2D eigenvalue weighted by Crippen LogP contribution is 2.16. The van der Waals surface area contributed by atoms with Gasteiger partial charge in [0.15, 0.2) is 6.10 Å². The quantitative estimate of drug-likeness (QED) is 0.0262. The Labute approximate surface area is 398 Å². The lowest BCUT2D eigenvalue weighted by molar-refractivity contribution is -0.167. The third-order valence-corrected chi connectivity index (χ3v) is 12.7. The summed E-state index contributed by atoms with van der Waals surface area (Å²) >= 11 is 0. The second-order valence-corrected chi connectivity index (χ2v) is 19.2. The lowest BCUT2D eigenvalue weighted by atomic mass is 10.0. The first-order chi connectivity index (χ1) is 31.5. The van der Waals surface area contributed by atoms with Crippen molar-refractivity contribution in [2.75, 3.05) is 13.2 Å².